The first-order chi connectivity index (χ1) is 11.4. The van der Waals surface area contributed by atoms with Gasteiger partial charge in [0.25, 0.3) is 0 Å². The summed E-state index contributed by atoms with van der Waals surface area (Å²) >= 11 is 0. The minimum atomic E-state index is -4.63. The van der Waals surface area contributed by atoms with E-state index in [1.54, 1.807) is 30.3 Å². The number of aromatic nitrogens is 1. The van der Waals surface area contributed by atoms with Gasteiger partial charge in [-0.3, -0.25) is 0 Å². The van der Waals surface area contributed by atoms with Gasteiger partial charge in [0, 0.05) is 5.56 Å². The van der Waals surface area contributed by atoms with E-state index < -0.39 is 17.7 Å². The van der Waals surface area contributed by atoms with Crippen LogP contribution < -0.4 is 5.73 Å². The van der Waals surface area contributed by atoms with Gasteiger partial charge in [0.15, 0.2) is 0 Å². The van der Waals surface area contributed by atoms with Crippen molar-refractivity contribution >= 4 is 5.82 Å². The van der Waals surface area contributed by atoms with Crippen molar-refractivity contribution in [2.75, 3.05) is 5.73 Å². The second kappa shape index (κ2) is 5.96. The van der Waals surface area contributed by atoms with Crippen molar-refractivity contribution in [2.45, 2.75) is 6.18 Å². The maximum absolute atomic E-state index is 13.2. The Hall–Kier alpha value is -2.89. The summed E-state index contributed by atoms with van der Waals surface area (Å²) in [7, 11) is 0. The van der Waals surface area contributed by atoms with Crippen molar-refractivity contribution in [3.05, 3.63) is 72.2 Å². The second-order valence-electron chi connectivity index (χ2n) is 5.19. The van der Waals surface area contributed by atoms with Crippen LogP contribution in [0.3, 0.4) is 0 Å². The summed E-state index contributed by atoms with van der Waals surface area (Å²) in [4.78, 5) is 3.50. The molecule has 3 aromatic rings. The van der Waals surface area contributed by atoms with Crippen LogP contribution >= 0.6 is 0 Å². The van der Waals surface area contributed by atoms with Gasteiger partial charge in [0.05, 0.1) is 0 Å². The number of alkyl halides is 3. The topological polar surface area (TPSA) is 38.9 Å². The van der Waals surface area contributed by atoms with E-state index >= 15 is 0 Å². The molecule has 1 heterocycles. The maximum atomic E-state index is 13.2. The first-order valence-corrected chi connectivity index (χ1v) is 7.05. The van der Waals surface area contributed by atoms with Gasteiger partial charge < -0.3 is 5.73 Å². The van der Waals surface area contributed by atoms with Crippen LogP contribution in [0.4, 0.5) is 23.4 Å². The first kappa shape index (κ1) is 16.0. The number of nitrogens with two attached hydrogens (primary N) is 1. The molecule has 122 valence electrons. The quantitative estimate of drug-likeness (QED) is 0.659. The van der Waals surface area contributed by atoms with Gasteiger partial charge in [0.1, 0.15) is 17.3 Å². The molecular formula is C18H12F4N2. The Bertz CT molecular complexity index is 857. The molecular weight excluding hydrogens is 320 g/mol. The number of hydrogen-bond acceptors (Lipinski definition) is 2. The molecule has 0 aliphatic carbocycles. The Kier molecular flexibility index (Phi) is 3.97. The van der Waals surface area contributed by atoms with E-state index in [-0.39, 0.29) is 11.4 Å². The SMILES string of the molecule is Nc1nc(C(F)(F)F)cc(-c2ccc(F)cc2)c1-c1ccccc1. The Balaban J connectivity index is 2.30. The van der Waals surface area contributed by atoms with Crippen molar-refractivity contribution in [3.63, 3.8) is 0 Å². The highest BCUT2D eigenvalue weighted by atomic mass is 19.4. The van der Waals surface area contributed by atoms with Crippen molar-refractivity contribution in [1.29, 1.82) is 0 Å². The zero-order valence-corrected chi connectivity index (χ0v) is 12.3. The number of hydrogen-bond donors (Lipinski definition) is 1. The smallest absolute Gasteiger partial charge is 0.383 e. The first-order valence-electron chi connectivity index (χ1n) is 7.05. The lowest BCUT2D eigenvalue weighted by Crippen LogP contribution is -2.11. The molecule has 0 aliphatic rings. The number of nitrogens with zero attached hydrogens (tertiary/aromatic N) is 1. The highest BCUT2D eigenvalue weighted by Crippen LogP contribution is 2.39. The maximum Gasteiger partial charge on any atom is 0.433 e. The number of rotatable bonds is 2. The van der Waals surface area contributed by atoms with Crippen LogP contribution in [-0.2, 0) is 6.18 Å². The molecule has 1 aromatic heterocycles. The van der Waals surface area contributed by atoms with Crippen LogP contribution in [0.5, 0.6) is 0 Å². The Morgan fingerprint density at radius 3 is 2.04 bits per heavy atom. The van der Waals surface area contributed by atoms with Gasteiger partial charge in [-0.25, -0.2) is 9.37 Å². The fourth-order valence-electron chi connectivity index (χ4n) is 2.48. The van der Waals surface area contributed by atoms with E-state index in [0.29, 0.717) is 16.7 Å². The average molecular weight is 332 g/mol. The van der Waals surface area contributed by atoms with Crippen LogP contribution in [-0.4, -0.2) is 4.98 Å². The van der Waals surface area contributed by atoms with Gasteiger partial charge in [-0.1, -0.05) is 42.5 Å². The number of halogens is 4. The van der Waals surface area contributed by atoms with Gasteiger partial charge in [-0.05, 0) is 34.9 Å². The van der Waals surface area contributed by atoms with E-state index in [1.165, 1.54) is 24.3 Å². The molecule has 3 rings (SSSR count). The molecule has 0 atom stereocenters. The molecule has 0 unspecified atom stereocenters. The van der Waals surface area contributed by atoms with Crippen molar-refractivity contribution in [1.82, 2.24) is 4.98 Å². The summed E-state index contributed by atoms with van der Waals surface area (Å²) < 4.78 is 52.4. The van der Waals surface area contributed by atoms with Crippen LogP contribution in [0.15, 0.2) is 60.7 Å². The van der Waals surface area contributed by atoms with Gasteiger partial charge >= 0.3 is 6.18 Å². The lowest BCUT2D eigenvalue weighted by Gasteiger charge is -2.16. The van der Waals surface area contributed by atoms with Crippen LogP contribution in [0, 0.1) is 5.82 Å². The standard InChI is InChI=1S/C18H12F4N2/c19-13-8-6-11(7-9-13)14-10-15(18(20,21)22)24-17(23)16(14)12-4-2-1-3-5-12/h1-10H,(H2,23,24). The Labute approximate surface area is 135 Å². The zero-order valence-electron chi connectivity index (χ0n) is 12.3. The zero-order chi connectivity index (χ0) is 17.3. The van der Waals surface area contributed by atoms with Crippen molar-refractivity contribution < 1.29 is 17.6 Å². The molecule has 0 saturated heterocycles. The summed E-state index contributed by atoms with van der Waals surface area (Å²) in [5.74, 6) is -0.701. The van der Waals surface area contributed by atoms with Crippen molar-refractivity contribution in [2.24, 2.45) is 0 Å². The lowest BCUT2D eigenvalue weighted by atomic mass is 9.94. The third kappa shape index (κ3) is 3.08. The van der Waals surface area contributed by atoms with Crippen LogP contribution in [0.2, 0.25) is 0 Å². The highest BCUT2D eigenvalue weighted by Gasteiger charge is 2.34. The molecule has 6 heteroatoms. The number of nitrogen functional groups attached to an aromatic ring is 1. The third-order valence-corrected chi connectivity index (χ3v) is 3.56. The molecule has 24 heavy (non-hydrogen) atoms. The minimum Gasteiger partial charge on any atom is -0.383 e. The second-order valence-corrected chi connectivity index (χ2v) is 5.19. The molecule has 0 bridgehead atoms. The molecule has 0 fully saturated rings. The summed E-state index contributed by atoms with van der Waals surface area (Å²) in [6.07, 6.45) is -4.63. The van der Waals surface area contributed by atoms with Gasteiger partial charge in [0.2, 0.25) is 0 Å². The van der Waals surface area contributed by atoms with E-state index in [1.807, 2.05) is 0 Å². The summed E-state index contributed by atoms with van der Waals surface area (Å²) in [5.41, 5.74) is 6.44. The van der Waals surface area contributed by atoms with E-state index in [9.17, 15) is 17.6 Å². The number of anilines is 1. The summed E-state index contributed by atoms with van der Waals surface area (Å²) in [6.45, 7) is 0. The van der Waals surface area contributed by atoms with E-state index in [2.05, 4.69) is 4.98 Å². The average Bonchev–Trinajstić information content (AvgIpc) is 2.55. The fraction of sp³-hybridized carbons (Fsp3) is 0.0556. The molecule has 2 aromatic carbocycles. The molecule has 0 amide bonds. The monoisotopic (exact) mass is 332 g/mol. The van der Waals surface area contributed by atoms with Crippen molar-refractivity contribution in [3.8, 4) is 22.3 Å². The summed E-state index contributed by atoms with van der Waals surface area (Å²) in [5, 5.41) is 0. The molecule has 0 radical (unpaired) electrons. The predicted octanol–water partition coefficient (Wildman–Crippen LogP) is 5.16. The predicted molar refractivity (Wildman–Crippen MR) is 84.5 cm³/mol. The van der Waals surface area contributed by atoms with Gasteiger partial charge in [-0.15, -0.1) is 0 Å². The van der Waals surface area contributed by atoms with E-state index in [0.717, 1.165) is 6.07 Å². The number of benzene rings is 2. The molecule has 0 aliphatic heterocycles. The summed E-state index contributed by atoms with van der Waals surface area (Å²) in [6, 6.07) is 14.9. The third-order valence-electron chi connectivity index (χ3n) is 3.56. The van der Waals surface area contributed by atoms with Gasteiger partial charge in [-0.2, -0.15) is 13.2 Å². The molecule has 2 N–H and O–H groups in total. The highest BCUT2D eigenvalue weighted by molar-refractivity contribution is 5.89. The normalized spacial score (nSPS) is 11.5. The molecule has 0 saturated carbocycles. The Morgan fingerprint density at radius 1 is 0.833 bits per heavy atom. The number of pyridine rings is 1. The molecule has 0 spiro atoms. The van der Waals surface area contributed by atoms with Crippen LogP contribution in [0.1, 0.15) is 5.69 Å². The Morgan fingerprint density at radius 2 is 1.46 bits per heavy atom. The van der Waals surface area contributed by atoms with Crippen LogP contribution in [0.25, 0.3) is 22.3 Å². The molecule has 2 nitrogen and oxygen atoms in total. The largest absolute Gasteiger partial charge is 0.433 e. The minimum absolute atomic E-state index is 0.227. The fourth-order valence-corrected chi connectivity index (χ4v) is 2.48. The lowest BCUT2D eigenvalue weighted by molar-refractivity contribution is -0.141. The van der Waals surface area contributed by atoms with E-state index in [4.69, 9.17) is 5.73 Å².